The third-order valence-corrected chi connectivity index (χ3v) is 3.92. The molecule has 5 nitrogen and oxygen atoms in total. The summed E-state index contributed by atoms with van der Waals surface area (Å²) in [6, 6.07) is 13.0. The Morgan fingerprint density at radius 3 is 2.67 bits per heavy atom. The molecule has 0 N–H and O–H groups in total. The molecule has 0 saturated heterocycles. The number of halogens is 1. The zero-order valence-electron chi connectivity index (χ0n) is 12.7. The first-order valence-electron chi connectivity index (χ1n) is 7.10. The van der Waals surface area contributed by atoms with Gasteiger partial charge in [0.25, 0.3) is 5.22 Å². The van der Waals surface area contributed by atoms with E-state index in [0.29, 0.717) is 11.3 Å². The molecule has 24 heavy (non-hydrogen) atoms. The Morgan fingerprint density at radius 1 is 1.17 bits per heavy atom. The van der Waals surface area contributed by atoms with E-state index >= 15 is 0 Å². The highest BCUT2D eigenvalue weighted by Crippen LogP contribution is 2.24. The number of carbonyl (C=O) groups excluding carboxylic acids is 1. The Morgan fingerprint density at radius 2 is 1.92 bits per heavy atom. The fourth-order valence-corrected chi connectivity index (χ4v) is 2.46. The Balaban J connectivity index is 1.58. The minimum absolute atomic E-state index is 0.0411. The summed E-state index contributed by atoms with van der Waals surface area (Å²) in [6.07, 6.45) is 0. The van der Waals surface area contributed by atoms with Gasteiger partial charge in [0.15, 0.2) is 0 Å². The maximum absolute atomic E-state index is 12.9. The number of hydrogen-bond acceptors (Lipinski definition) is 6. The summed E-state index contributed by atoms with van der Waals surface area (Å²) in [4.78, 5) is 11.9. The van der Waals surface area contributed by atoms with E-state index in [1.165, 1.54) is 12.1 Å². The van der Waals surface area contributed by atoms with Gasteiger partial charge in [-0.15, -0.1) is 10.2 Å². The summed E-state index contributed by atoms with van der Waals surface area (Å²) in [5.41, 5.74) is 1.49. The van der Waals surface area contributed by atoms with Crippen molar-refractivity contribution in [2.24, 2.45) is 0 Å². The average molecular weight is 344 g/mol. The smallest absolute Gasteiger partial charge is 0.321 e. The predicted molar refractivity (Wildman–Crippen MR) is 87.2 cm³/mol. The van der Waals surface area contributed by atoms with E-state index in [9.17, 15) is 9.18 Å². The van der Waals surface area contributed by atoms with E-state index in [2.05, 4.69) is 10.2 Å². The van der Waals surface area contributed by atoms with Gasteiger partial charge in [-0.25, -0.2) is 4.39 Å². The average Bonchev–Trinajstić information content (AvgIpc) is 3.05. The van der Waals surface area contributed by atoms with Crippen LogP contribution in [-0.4, -0.2) is 21.9 Å². The lowest BCUT2D eigenvalue weighted by Gasteiger charge is -2.05. The minimum atomic E-state index is -0.407. The summed E-state index contributed by atoms with van der Waals surface area (Å²) >= 11 is 1.08. The Labute approximate surface area is 141 Å². The van der Waals surface area contributed by atoms with Crippen molar-refractivity contribution in [1.29, 1.82) is 0 Å². The maximum atomic E-state index is 12.9. The number of benzene rings is 2. The minimum Gasteiger partial charge on any atom is -0.426 e. The molecule has 3 rings (SSSR count). The van der Waals surface area contributed by atoms with Gasteiger partial charge in [-0.2, -0.15) is 0 Å². The van der Waals surface area contributed by atoms with Crippen molar-refractivity contribution in [2.75, 3.05) is 5.75 Å². The number of carbonyl (C=O) groups is 1. The second kappa shape index (κ2) is 7.27. The van der Waals surface area contributed by atoms with Crippen molar-refractivity contribution in [3.05, 3.63) is 59.9 Å². The Hall–Kier alpha value is -2.67. The highest BCUT2D eigenvalue weighted by molar-refractivity contribution is 7.99. The molecule has 7 heteroatoms. The van der Waals surface area contributed by atoms with Crippen LogP contribution in [0.1, 0.15) is 5.56 Å². The predicted octanol–water partition coefficient (Wildman–Crippen LogP) is 3.88. The topological polar surface area (TPSA) is 65.2 Å². The van der Waals surface area contributed by atoms with Crippen molar-refractivity contribution < 1.29 is 18.3 Å². The summed E-state index contributed by atoms with van der Waals surface area (Å²) < 4.78 is 23.6. The van der Waals surface area contributed by atoms with Crippen molar-refractivity contribution in [3.8, 4) is 17.2 Å². The molecule has 0 aliphatic rings. The quantitative estimate of drug-likeness (QED) is 0.397. The van der Waals surface area contributed by atoms with Crippen LogP contribution in [0, 0.1) is 12.7 Å². The molecule has 0 aliphatic heterocycles. The van der Waals surface area contributed by atoms with Gasteiger partial charge in [-0.3, -0.25) is 4.79 Å². The highest BCUT2D eigenvalue weighted by atomic mass is 32.2. The number of hydrogen-bond donors (Lipinski definition) is 0. The van der Waals surface area contributed by atoms with Gasteiger partial charge < -0.3 is 9.15 Å². The zero-order valence-corrected chi connectivity index (χ0v) is 13.5. The molecule has 0 bridgehead atoms. The van der Waals surface area contributed by atoms with Crippen LogP contribution in [0.15, 0.2) is 58.2 Å². The molecule has 0 aliphatic carbocycles. The van der Waals surface area contributed by atoms with E-state index in [4.69, 9.17) is 9.15 Å². The van der Waals surface area contributed by atoms with Gasteiger partial charge in [0.05, 0.1) is 0 Å². The van der Waals surface area contributed by atoms with Crippen LogP contribution in [0.2, 0.25) is 0 Å². The first kappa shape index (κ1) is 16.2. The molecule has 0 amide bonds. The van der Waals surface area contributed by atoms with Crippen LogP contribution in [0.3, 0.4) is 0 Å². The first-order chi connectivity index (χ1) is 11.6. The Kier molecular flexibility index (Phi) is 4.90. The summed E-state index contributed by atoms with van der Waals surface area (Å²) in [7, 11) is 0. The van der Waals surface area contributed by atoms with Crippen LogP contribution in [-0.2, 0) is 4.79 Å². The molecule has 0 fully saturated rings. The summed E-state index contributed by atoms with van der Waals surface area (Å²) in [5.74, 6) is 0.0902. The number of aryl methyl sites for hydroxylation is 1. The van der Waals surface area contributed by atoms with E-state index in [-0.39, 0.29) is 22.7 Å². The van der Waals surface area contributed by atoms with E-state index in [1.807, 2.05) is 19.1 Å². The van der Waals surface area contributed by atoms with Crippen molar-refractivity contribution >= 4 is 17.7 Å². The molecule has 0 saturated carbocycles. The molecular weight excluding hydrogens is 331 g/mol. The molecule has 3 aromatic rings. The summed E-state index contributed by atoms with van der Waals surface area (Å²) in [5, 5.41) is 7.98. The van der Waals surface area contributed by atoms with Crippen LogP contribution in [0.25, 0.3) is 11.5 Å². The number of rotatable bonds is 5. The fourth-order valence-electron chi connectivity index (χ4n) is 1.92. The van der Waals surface area contributed by atoms with Gasteiger partial charge in [0.2, 0.25) is 5.89 Å². The molecule has 1 aromatic heterocycles. The third-order valence-electron chi connectivity index (χ3n) is 3.13. The zero-order chi connectivity index (χ0) is 16.9. The van der Waals surface area contributed by atoms with E-state index in [1.54, 1.807) is 24.3 Å². The third kappa shape index (κ3) is 3.99. The largest absolute Gasteiger partial charge is 0.426 e. The molecule has 1 heterocycles. The van der Waals surface area contributed by atoms with Gasteiger partial charge in [0.1, 0.15) is 17.3 Å². The normalized spacial score (nSPS) is 10.6. The number of aromatic nitrogens is 2. The van der Waals surface area contributed by atoms with Crippen molar-refractivity contribution in [3.63, 3.8) is 0 Å². The SMILES string of the molecule is Cc1ccccc1OC(=O)CSc1nnc(-c2ccc(F)cc2)o1. The number of esters is 1. The lowest BCUT2D eigenvalue weighted by Crippen LogP contribution is -2.11. The molecular formula is C17H13FN2O3S. The molecule has 122 valence electrons. The molecule has 0 spiro atoms. The van der Waals surface area contributed by atoms with Gasteiger partial charge in [-0.1, -0.05) is 30.0 Å². The fraction of sp³-hybridized carbons (Fsp3) is 0.118. The van der Waals surface area contributed by atoms with E-state index < -0.39 is 5.97 Å². The molecule has 0 unspecified atom stereocenters. The van der Waals surface area contributed by atoms with E-state index in [0.717, 1.165) is 17.3 Å². The van der Waals surface area contributed by atoms with Gasteiger partial charge in [-0.05, 0) is 42.8 Å². The standard InChI is InChI=1S/C17H13FN2O3S/c1-11-4-2-3-5-14(11)22-15(21)10-24-17-20-19-16(23-17)12-6-8-13(18)9-7-12/h2-9H,10H2,1H3. The van der Waals surface area contributed by atoms with Crippen LogP contribution in [0.4, 0.5) is 4.39 Å². The second-order valence-corrected chi connectivity index (χ2v) is 5.83. The Bertz CT molecular complexity index is 849. The van der Waals surface area contributed by atoms with Crippen LogP contribution >= 0.6 is 11.8 Å². The van der Waals surface area contributed by atoms with Gasteiger partial charge >= 0.3 is 5.97 Å². The molecule has 0 atom stereocenters. The van der Waals surface area contributed by atoms with Crippen molar-refractivity contribution in [1.82, 2.24) is 10.2 Å². The van der Waals surface area contributed by atoms with Crippen molar-refractivity contribution in [2.45, 2.75) is 12.1 Å². The lowest BCUT2D eigenvalue weighted by molar-refractivity contribution is -0.131. The summed E-state index contributed by atoms with van der Waals surface area (Å²) in [6.45, 7) is 1.86. The first-order valence-corrected chi connectivity index (χ1v) is 8.09. The van der Waals surface area contributed by atoms with Crippen LogP contribution < -0.4 is 4.74 Å². The van der Waals surface area contributed by atoms with Gasteiger partial charge in [0, 0.05) is 5.56 Å². The lowest BCUT2D eigenvalue weighted by atomic mass is 10.2. The molecule has 2 aromatic carbocycles. The highest BCUT2D eigenvalue weighted by Gasteiger charge is 2.13. The second-order valence-electron chi connectivity index (χ2n) is 4.91. The number of thioether (sulfide) groups is 1. The number of ether oxygens (including phenoxy) is 1. The maximum Gasteiger partial charge on any atom is 0.321 e. The van der Waals surface area contributed by atoms with Crippen LogP contribution in [0.5, 0.6) is 5.75 Å². The number of para-hydroxylation sites is 1. The monoisotopic (exact) mass is 344 g/mol. The number of nitrogens with zero attached hydrogens (tertiary/aromatic N) is 2. The molecule has 0 radical (unpaired) electrons.